The number of benzene rings is 1. The summed E-state index contributed by atoms with van der Waals surface area (Å²) in [5, 5.41) is 11.1. The lowest BCUT2D eigenvalue weighted by Crippen LogP contribution is -2.12. The average molecular weight is 327 g/mol. The van der Waals surface area contributed by atoms with Gasteiger partial charge >= 0.3 is 5.97 Å². The average Bonchev–Trinajstić information content (AvgIpc) is 2.75. The van der Waals surface area contributed by atoms with Crippen molar-refractivity contribution in [3.8, 4) is 0 Å². The molecule has 1 amide bonds. The number of H-pyrrole nitrogens is 1. The highest BCUT2D eigenvalue weighted by Gasteiger charge is 2.13. The van der Waals surface area contributed by atoms with E-state index in [1.54, 1.807) is 12.3 Å². The Morgan fingerprint density at radius 2 is 2.05 bits per heavy atom. The number of carbonyl (C=O) groups is 2. The van der Waals surface area contributed by atoms with Crippen LogP contribution in [-0.2, 0) is 0 Å². The second-order valence-electron chi connectivity index (χ2n) is 3.69. The van der Waals surface area contributed by atoms with Crippen molar-refractivity contribution in [2.75, 3.05) is 5.32 Å². The number of aromatic amines is 1. The highest BCUT2D eigenvalue weighted by molar-refractivity contribution is 9.10. The summed E-state index contributed by atoms with van der Waals surface area (Å²) in [6.45, 7) is 0. The molecule has 0 aliphatic carbocycles. The molecule has 7 heteroatoms. The second-order valence-corrected chi connectivity index (χ2v) is 4.60. The molecule has 0 spiro atoms. The van der Waals surface area contributed by atoms with Crippen molar-refractivity contribution in [1.82, 2.24) is 4.98 Å². The third-order valence-electron chi connectivity index (χ3n) is 2.35. The molecule has 1 aromatic heterocycles. The van der Waals surface area contributed by atoms with E-state index in [1.807, 2.05) is 0 Å². The fraction of sp³-hybridized carbons (Fsp3) is 0. The van der Waals surface area contributed by atoms with Gasteiger partial charge < -0.3 is 15.4 Å². The van der Waals surface area contributed by atoms with Gasteiger partial charge in [0.05, 0.1) is 5.56 Å². The second kappa shape index (κ2) is 5.23. The zero-order chi connectivity index (χ0) is 14.0. The van der Waals surface area contributed by atoms with Crippen LogP contribution in [0, 0.1) is 5.82 Å². The lowest BCUT2D eigenvalue weighted by Gasteiger charge is -2.05. The van der Waals surface area contributed by atoms with Gasteiger partial charge in [0, 0.05) is 16.4 Å². The van der Waals surface area contributed by atoms with Crippen molar-refractivity contribution in [1.29, 1.82) is 0 Å². The van der Waals surface area contributed by atoms with Crippen LogP contribution in [0.25, 0.3) is 0 Å². The van der Waals surface area contributed by atoms with Crippen LogP contribution < -0.4 is 5.32 Å². The molecule has 5 nitrogen and oxygen atoms in total. The molecule has 0 atom stereocenters. The molecule has 0 bridgehead atoms. The fourth-order valence-corrected chi connectivity index (χ4v) is 1.81. The van der Waals surface area contributed by atoms with Crippen molar-refractivity contribution < 1.29 is 19.1 Å². The highest BCUT2D eigenvalue weighted by atomic mass is 79.9. The van der Waals surface area contributed by atoms with Crippen LogP contribution in [0.15, 0.2) is 34.9 Å². The summed E-state index contributed by atoms with van der Waals surface area (Å²) in [5.74, 6) is -2.71. The first-order valence-corrected chi connectivity index (χ1v) is 5.95. The summed E-state index contributed by atoms with van der Waals surface area (Å²) in [5.41, 5.74) is 0.0356. The van der Waals surface area contributed by atoms with Crippen LogP contribution in [0.5, 0.6) is 0 Å². The van der Waals surface area contributed by atoms with Crippen molar-refractivity contribution in [2.45, 2.75) is 0 Å². The van der Waals surface area contributed by atoms with Crippen LogP contribution in [0.1, 0.15) is 20.8 Å². The Morgan fingerprint density at radius 3 is 2.58 bits per heavy atom. The first kappa shape index (κ1) is 13.3. The normalized spacial score (nSPS) is 10.2. The van der Waals surface area contributed by atoms with Gasteiger partial charge in [-0.2, -0.15) is 0 Å². The number of hydrogen-bond donors (Lipinski definition) is 3. The van der Waals surface area contributed by atoms with Gasteiger partial charge in [-0.1, -0.05) is 0 Å². The van der Waals surface area contributed by atoms with Crippen molar-refractivity contribution in [2.24, 2.45) is 0 Å². The number of carboxylic acid groups (broad SMARTS) is 1. The number of aromatic nitrogens is 1. The smallest absolute Gasteiger partial charge is 0.338 e. The van der Waals surface area contributed by atoms with Crippen LogP contribution >= 0.6 is 15.9 Å². The molecule has 0 aliphatic rings. The van der Waals surface area contributed by atoms with E-state index >= 15 is 0 Å². The molecule has 0 saturated heterocycles. The van der Waals surface area contributed by atoms with Crippen molar-refractivity contribution in [3.63, 3.8) is 0 Å². The number of nitrogens with one attached hydrogen (secondary N) is 2. The molecule has 0 aliphatic heterocycles. The SMILES string of the molecule is O=C(Nc1ccc(C(=O)O)c(F)c1)c1cc(Br)c[nH]1. The molecule has 1 heterocycles. The summed E-state index contributed by atoms with van der Waals surface area (Å²) in [4.78, 5) is 25.1. The van der Waals surface area contributed by atoms with E-state index in [1.165, 1.54) is 6.07 Å². The van der Waals surface area contributed by atoms with Gasteiger partial charge in [0.2, 0.25) is 0 Å². The third-order valence-corrected chi connectivity index (χ3v) is 2.81. The monoisotopic (exact) mass is 326 g/mol. The van der Waals surface area contributed by atoms with Gasteiger partial charge in [-0.15, -0.1) is 0 Å². The van der Waals surface area contributed by atoms with Gasteiger partial charge in [0.1, 0.15) is 11.5 Å². The zero-order valence-electron chi connectivity index (χ0n) is 9.41. The quantitative estimate of drug-likeness (QED) is 0.811. The minimum absolute atomic E-state index is 0.179. The number of rotatable bonds is 3. The van der Waals surface area contributed by atoms with E-state index in [9.17, 15) is 14.0 Å². The number of aromatic carboxylic acids is 1. The largest absolute Gasteiger partial charge is 0.478 e. The van der Waals surface area contributed by atoms with Gasteiger partial charge in [-0.05, 0) is 40.2 Å². The van der Waals surface area contributed by atoms with Gasteiger partial charge in [0.25, 0.3) is 5.91 Å². The van der Waals surface area contributed by atoms with Crippen LogP contribution in [0.4, 0.5) is 10.1 Å². The number of carboxylic acids is 1. The summed E-state index contributed by atoms with van der Waals surface area (Å²) in [6, 6.07) is 4.94. The van der Waals surface area contributed by atoms with E-state index in [0.717, 1.165) is 12.1 Å². The number of carbonyl (C=O) groups excluding carboxylic acids is 1. The predicted octanol–water partition coefficient (Wildman–Crippen LogP) is 2.87. The number of amides is 1. The van der Waals surface area contributed by atoms with E-state index in [2.05, 4.69) is 26.2 Å². The zero-order valence-corrected chi connectivity index (χ0v) is 11.0. The summed E-state index contributed by atoms with van der Waals surface area (Å²) >= 11 is 3.19. The van der Waals surface area contributed by atoms with Crippen LogP contribution in [0.3, 0.4) is 0 Å². The first-order chi connectivity index (χ1) is 8.97. The van der Waals surface area contributed by atoms with E-state index in [-0.39, 0.29) is 5.69 Å². The van der Waals surface area contributed by atoms with Gasteiger partial charge in [-0.3, -0.25) is 4.79 Å². The van der Waals surface area contributed by atoms with Crippen LogP contribution in [0.2, 0.25) is 0 Å². The maximum absolute atomic E-state index is 13.4. The molecule has 0 fully saturated rings. The maximum atomic E-state index is 13.4. The van der Waals surface area contributed by atoms with Gasteiger partial charge in [0.15, 0.2) is 0 Å². The summed E-state index contributed by atoms with van der Waals surface area (Å²) in [7, 11) is 0. The molecule has 2 aromatic rings. The molecular weight excluding hydrogens is 319 g/mol. The van der Waals surface area contributed by atoms with Crippen molar-refractivity contribution in [3.05, 3.63) is 52.0 Å². The Labute approximate surface area is 115 Å². The highest BCUT2D eigenvalue weighted by Crippen LogP contribution is 2.16. The lowest BCUT2D eigenvalue weighted by molar-refractivity contribution is 0.0692. The van der Waals surface area contributed by atoms with E-state index in [0.29, 0.717) is 10.2 Å². The Hall–Kier alpha value is -2.15. The molecule has 2 rings (SSSR count). The predicted molar refractivity (Wildman–Crippen MR) is 69.8 cm³/mol. The number of halogens is 2. The van der Waals surface area contributed by atoms with Gasteiger partial charge in [-0.25, -0.2) is 9.18 Å². The molecule has 1 aromatic carbocycles. The minimum atomic E-state index is -1.36. The molecule has 3 N–H and O–H groups in total. The molecule has 0 radical (unpaired) electrons. The topological polar surface area (TPSA) is 82.2 Å². The minimum Gasteiger partial charge on any atom is -0.478 e. The lowest BCUT2D eigenvalue weighted by atomic mass is 10.2. The fourth-order valence-electron chi connectivity index (χ4n) is 1.46. The Balaban J connectivity index is 2.18. The number of anilines is 1. The van der Waals surface area contributed by atoms with E-state index < -0.39 is 23.3 Å². The van der Waals surface area contributed by atoms with Crippen molar-refractivity contribution >= 4 is 33.5 Å². The van der Waals surface area contributed by atoms with E-state index in [4.69, 9.17) is 5.11 Å². The molecule has 0 saturated carbocycles. The summed E-state index contributed by atoms with van der Waals surface area (Å²) < 4.78 is 14.1. The Morgan fingerprint density at radius 1 is 1.32 bits per heavy atom. The third kappa shape index (κ3) is 3.00. The van der Waals surface area contributed by atoms with Crippen LogP contribution in [-0.4, -0.2) is 22.0 Å². The molecule has 98 valence electrons. The standard InChI is InChI=1S/C12H8BrFN2O3/c13-6-3-10(15-5-6)11(17)16-7-1-2-8(12(18)19)9(14)4-7/h1-5,15H,(H,16,17)(H,18,19). The Bertz CT molecular complexity index is 654. The first-order valence-electron chi connectivity index (χ1n) is 5.15. The summed E-state index contributed by atoms with van der Waals surface area (Å²) in [6.07, 6.45) is 1.59. The Kier molecular flexibility index (Phi) is 3.66. The molecule has 19 heavy (non-hydrogen) atoms. The molecular formula is C12H8BrFN2O3. The maximum Gasteiger partial charge on any atom is 0.338 e. The molecule has 0 unspecified atom stereocenters. The number of hydrogen-bond acceptors (Lipinski definition) is 2.